The molecule has 0 N–H and O–H groups in total. The second-order valence-corrected chi connectivity index (χ2v) is 13.1. The molecule has 0 saturated heterocycles. The Balaban J connectivity index is 1.99. The summed E-state index contributed by atoms with van der Waals surface area (Å²) in [5, 5.41) is 7.67. The van der Waals surface area contributed by atoms with Crippen LogP contribution in [0.25, 0.3) is 0 Å². The fourth-order valence-corrected chi connectivity index (χ4v) is 10.1. The molecule has 3 heteroatoms. The Bertz CT molecular complexity index is 984. The van der Waals surface area contributed by atoms with Crippen LogP contribution < -0.4 is 20.7 Å². The van der Waals surface area contributed by atoms with Crippen molar-refractivity contribution in [3.05, 3.63) is 120 Å². The van der Waals surface area contributed by atoms with Gasteiger partial charge in [0, 0.05) is 10.7 Å². The first-order valence-corrected chi connectivity index (χ1v) is 14.9. The van der Waals surface area contributed by atoms with Crippen LogP contribution in [0.1, 0.15) is 11.1 Å². The maximum Gasteiger partial charge on any atom is 0.179 e. The number of hydrogen-bond donors (Lipinski definition) is 0. The Morgan fingerprint density at radius 2 is 0.742 bits per heavy atom. The molecule has 0 spiro atoms. The molecule has 0 bridgehead atoms. The van der Waals surface area contributed by atoms with Gasteiger partial charge in [-0.15, -0.1) is 0 Å². The van der Waals surface area contributed by atoms with Crippen LogP contribution in [-0.2, 0) is 12.8 Å². The van der Waals surface area contributed by atoms with Crippen LogP contribution in [0.5, 0.6) is 0 Å². The maximum atomic E-state index is 3.58. The molecule has 0 saturated carbocycles. The molecule has 31 heavy (non-hydrogen) atoms. The van der Waals surface area contributed by atoms with E-state index in [4.69, 9.17) is 0 Å². The minimum Gasteiger partial charge on any atom is -0.0924 e. The van der Waals surface area contributed by atoms with Crippen molar-refractivity contribution >= 4 is 60.7 Å². The first-order chi connectivity index (χ1) is 15.3. The van der Waals surface area contributed by atoms with Gasteiger partial charge >= 0.3 is 0 Å². The summed E-state index contributed by atoms with van der Waals surface area (Å²) >= 11 is 7.16. The molecular weight excluding hydrogens is 524 g/mol. The number of rotatable bonds is 8. The number of aryl methyl sites for hydroxylation is 2. The fraction of sp³-hybridized carbons (Fsp3) is 0.143. The van der Waals surface area contributed by atoms with E-state index in [1.807, 2.05) is 0 Å². The van der Waals surface area contributed by atoms with Gasteiger partial charge in [0.15, 0.2) is 8.07 Å². The summed E-state index contributed by atoms with van der Waals surface area (Å²) in [5.74, 6) is 0. The molecular formula is C28H26Br2Si. The molecule has 0 aromatic heterocycles. The third-order valence-electron chi connectivity index (χ3n) is 5.95. The van der Waals surface area contributed by atoms with Gasteiger partial charge in [0.05, 0.1) is 0 Å². The van der Waals surface area contributed by atoms with E-state index in [2.05, 4.69) is 141 Å². The lowest BCUT2D eigenvalue weighted by molar-refractivity contribution is 1.17. The molecule has 0 aliphatic rings. The van der Waals surface area contributed by atoms with E-state index in [0.717, 1.165) is 23.5 Å². The monoisotopic (exact) mass is 548 g/mol. The summed E-state index contributed by atoms with van der Waals surface area (Å²) in [6.07, 6.45) is 2.10. The van der Waals surface area contributed by atoms with E-state index >= 15 is 0 Å². The summed E-state index contributed by atoms with van der Waals surface area (Å²) in [5.41, 5.74) is 2.75. The molecule has 0 aliphatic heterocycles. The Morgan fingerprint density at radius 3 is 1.06 bits per heavy atom. The molecule has 4 rings (SSSR count). The van der Waals surface area contributed by atoms with Crippen LogP contribution in [0.3, 0.4) is 0 Å². The average Bonchev–Trinajstić information content (AvgIpc) is 2.83. The van der Waals surface area contributed by atoms with Crippen LogP contribution in [-0.4, -0.2) is 18.7 Å². The second-order valence-electron chi connectivity index (χ2n) is 7.75. The van der Waals surface area contributed by atoms with E-state index in [1.165, 1.54) is 31.9 Å². The third-order valence-corrected chi connectivity index (χ3v) is 11.5. The molecule has 0 nitrogen and oxygen atoms in total. The molecule has 4 aromatic rings. The van der Waals surface area contributed by atoms with Gasteiger partial charge in [-0.1, -0.05) is 141 Å². The van der Waals surface area contributed by atoms with Gasteiger partial charge in [0.25, 0.3) is 0 Å². The van der Waals surface area contributed by atoms with E-state index in [9.17, 15) is 0 Å². The van der Waals surface area contributed by atoms with E-state index in [-0.39, 0.29) is 0 Å². The van der Waals surface area contributed by atoms with Crippen LogP contribution in [0.2, 0.25) is 0 Å². The molecule has 0 unspecified atom stereocenters. The van der Waals surface area contributed by atoms with Crippen molar-refractivity contribution in [1.82, 2.24) is 0 Å². The van der Waals surface area contributed by atoms with Gasteiger partial charge in [-0.3, -0.25) is 0 Å². The van der Waals surface area contributed by atoms with Crippen LogP contribution in [0, 0.1) is 0 Å². The Hall–Kier alpha value is -1.94. The van der Waals surface area contributed by atoms with Gasteiger partial charge in [-0.2, -0.15) is 0 Å². The second kappa shape index (κ2) is 10.6. The summed E-state index contributed by atoms with van der Waals surface area (Å²) in [4.78, 5) is 0. The third kappa shape index (κ3) is 4.64. The number of hydrogen-bond acceptors (Lipinski definition) is 0. The summed E-state index contributed by atoms with van der Waals surface area (Å²) < 4.78 is 0. The highest BCUT2D eigenvalue weighted by molar-refractivity contribution is 9.09. The molecule has 0 radical (unpaired) electrons. The molecule has 156 valence electrons. The Kier molecular flexibility index (Phi) is 7.60. The summed E-state index contributed by atoms with van der Waals surface area (Å²) in [7, 11) is -2.42. The molecule has 0 heterocycles. The molecule has 4 aromatic carbocycles. The zero-order valence-electron chi connectivity index (χ0n) is 17.5. The summed E-state index contributed by atoms with van der Waals surface area (Å²) in [6.45, 7) is 0. The Labute approximate surface area is 203 Å². The lowest BCUT2D eigenvalue weighted by Gasteiger charge is -2.34. The zero-order chi connectivity index (χ0) is 21.5. The van der Waals surface area contributed by atoms with Crippen molar-refractivity contribution in [2.75, 3.05) is 10.7 Å². The largest absolute Gasteiger partial charge is 0.179 e. The lowest BCUT2D eigenvalue weighted by atomic mass is 10.2. The molecule has 0 aliphatic carbocycles. The maximum absolute atomic E-state index is 3.58. The van der Waals surface area contributed by atoms with Crippen molar-refractivity contribution in [3.8, 4) is 0 Å². The fourth-order valence-electron chi connectivity index (χ4n) is 4.44. The smallest absolute Gasteiger partial charge is 0.0924 e. The predicted octanol–water partition coefficient (Wildman–Crippen LogP) is 4.94. The number of halogens is 2. The first kappa shape index (κ1) is 22.3. The van der Waals surface area contributed by atoms with E-state index in [0.29, 0.717) is 0 Å². The minimum atomic E-state index is -2.42. The van der Waals surface area contributed by atoms with Crippen molar-refractivity contribution in [1.29, 1.82) is 0 Å². The highest BCUT2D eigenvalue weighted by atomic mass is 79.9. The lowest BCUT2D eigenvalue weighted by Crippen LogP contribution is -2.74. The standard InChI is InChI=1S/C28H26Br2Si/c29-21-19-23-11-15-27(16-12-23)31(25-7-3-1-4-8-25,26-9-5-2-6-10-26)28-17-13-24(14-18-28)20-22-30/h1-18H,19-22H2. The summed E-state index contributed by atoms with van der Waals surface area (Å²) in [6, 6.07) is 40.9. The van der Waals surface area contributed by atoms with Crippen molar-refractivity contribution in [3.63, 3.8) is 0 Å². The molecule has 0 atom stereocenters. The molecule has 0 amide bonds. The van der Waals surface area contributed by atoms with Gasteiger partial charge in [0.1, 0.15) is 0 Å². The van der Waals surface area contributed by atoms with Gasteiger partial charge in [-0.25, -0.2) is 0 Å². The average molecular weight is 550 g/mol. The van der Waals surface area contributed by atoms with Gasteiger partial charge < -0.3 is 0 Å². The van der Waals surface area contributed by atoms with Crippen LogP contribution in [0.15, 0.2) is 109 Å². The quantitative estimate of drug-likeness (QED) is 0.166. The topological polar surface area (TPSA) is 0 Å². The SMILES string of the molecule is BrCCc1ccc([Si](c2ccccc2)(c2ccccc2)c2ccc(CCBr)cc2)cc1. The minimum absolute atomic E-state index is 0.987. The van der Waals surface area contributed by atoms with E-state index in [1.54, 1.807) is 0 Å². The first-order valence-electron chi connectivity index (χ1n) is 10.7. The van der Waals surface area contributed by atoms with E-state index < -0.39 is 8.07 Å². The van der Waals surface area contributed by atoms with Crippen LogP contribution >= 0.6 is 31.9 Å². The molecule has 0 fully saturated rings. The van der Waals surface area contributed by atoms with Crippen molar-refractivity contribution < 1.29 is 0 Å². The number of alkyl halides is 2. The highest BCUT2D eigenvalue weighted by Gasteiger charge is 2.41. The van der Waals surface area contributed by atoms with Crippen molar-refractivity contribution in [2.45, 2.75) is 12.8 Å². The van der Waals surface area contributed by atoms with Gasteiger partial charge in [-0.05, 0) is 44.7 Å². The van der Waals surface area contributed by atoms with Crippen LogP contribution in [0.4, 0.5) is 0 Å². The zero-order valence-corrected chi connectivity index (χ0v) is 21.6. The van der Waals surface area contributed by atoms with Gasteiger partial charge in [0.2, 0.25) is 0 Å². The van der Waals surface area contributed by atoms with Crippen molar-refractivity contribution in [2.24, 2.45) is 0 Å². The highest BCUT2D eigenvalue weighted by Crippen LogP contribution is 2.12. The Morgan fingerprint density at radius 1 is 0.419 bits per heavy atom. The number of benzene rings is 4. The predicted molar refractivity (Wildman–Crippen MR) is 145 cm³/mol. The normalized spacial score (nSPS) is 11.4.